The molecule has 0 aliphatic heterocycles. The summed E-state index contributed by atoms with van der Waals surface area (Å²) in [5.74, 6) is -1.62. The van der Waals surface area contributed by atoms with E-state index in [4.69, 9.17) is 0 Å². The predicted molar refractivity (Wildman–Crippen MR) is 95.8 cm³/mol. The Morgan fingerprint density at radius 1 is 1.16 bits per heavy atom. The maximum Gasteiger partial charge on any atom is 0.274 e. The normalized spacial score (nSPS) is 10.6. The summed E-state index contributed by atoms with van der Waals surface area (Å²) in [6, 6.07) is 9.44. The van der Waals surface area contributed by atoms with Crippen LogP contribution in [0.3, 0.4) is 0 Å². The van der Waals surface area contributed by atoms with Crippen molar-refractivity contribution in [1.29, 1.82) is 0 Å². The van der Waals surface area contributed by atoms with Gasteiger partial charge < -0.3 is 15.5 Å². The molecule has 1 aromatic carbocycles. The first-order valence-electron chi connectivity index (χ1n) is 7.64. The minimum Gasteiger partial charge on any atom is -0.501 e. The number of nitrogens with one attached hydrogen (secondary N) is 1. The molecule has 2 aromatic heterocycles. The quantitative estimate of drug-likeness (QED) is 0.668. The van der Waals surface area contributed by atoms with E-state index in [1.165, 1.54) is 11.3 Å². The van der Waals surface area contributed by atoms with Crippen molar-refractivity contribution < 1.29 is 15.0 Å². The number of amides is 1. The van der Waals surface area contributed by atoms with Gasteiger partial charge in [0.1, 0.15) is 0 Å². The molecule has 0 saturated carbocycles. The Morgan fingerprint density at radius 3 is 2.68 bits per heavy atom. The van der Waals surface area contributed by atoms with Crippen molar-refractivity contribution in [3.8, 4) is 22.3 Å². The van der Waals surface area contributed by atoms with Gasteiger partial charge in [-0.05, 0) is 42.0 Å². The van der Waals surface area contributed by atoms with E-state index in [0.29, 0.717) is 11.4 Å². The zero-order valence-electron chi connectivity index (χ0n) is 13.8. The van der Waals surface area contributed by atoms with Crippen LogP contribution < -0.4 is 5.32 Å². The Bertz CT molecular complexity index is 924. The first kappa shape index (κ1) is 16.9. The largest absolute Gasteiger partial charge is 0.501 e. The molecule has 3 aromatic rings. The van der Waals surface area contributed by atoms with Gasteiger partial charge in [0.05, 0.1) is 4.88 Å². The van der Waals surface area contributed by atoms with Crippen molar-refractivity contribution in [2.24, 2.45) is 0 Å². The summed E-state index contributed by atoms with van der Waals surface area (Å²) in [7, 11) is 0. The van der Waals surface area contributed by atoms with Gasteiger partial charge in [-0.25, -0.2) is 4.98 Å². The van der Waals surface area contributed by atoms with Gasteiger partial charge >= 0.3 is 0 Å². The molecule has 0 fully saturated rings. The van der Waals surface area contributed by atoms with Gasteiger partial charge in [-0.2, -0.15) is 4.98 Å². The average molecular weight is 355 g/mol. The zero-order chi connectivity index (χ0) is 18.0. The van der Waals surface area contributed by atoms with Crippen LogP contribution in [0, 0.1) is 13.8 Å². The van der Waals surface area contributed by atoms with Crippen LogP contribution in [0.5, 0.6) is 11.6 Å². The number of benzene rings is 1. The van der Waals surface area contributed by atoms with E-state index < -0.39 is 17.5 Å². The van der Waals surface area contributed by atoms with Gasteiger partial charge in [-0.1, -0.05) is 24.3 Å². The van der Waals surface area contributed by atoms with Gasteiger partial charge in [0.2, 0.25) is 5.75 Å². The van der Waals surface area contributed by atoms with Crippen LogP contribution >= 0.6 is 11.3 Å². The SMILES string of the molecule is Cc1cccc(CNC(=O)c2nc(-c3cccs3)nc(O)c2O)c1C. The lowest BCUT2D eigenvalue weighted by Gasteiger charge is -2.11. The minimum atomic E-state index is -0.626. The number of aromatic nitrogens is 2. The number of carbonyl (C=O) groups excluding carboxylic acids is 1. The predicted octanol–water partition coefficient (Wildman–Crippen LogP) is 3.16. The first-order chi connectivity index (χ1) is 12.0. The smallest absolute Gasteiger partial charge is 0.274 e. The summed E-state index contributed by atoms with van der Waals surface area (Å²) in [6.07, 6.45) is 0. The molecule has 0 radical (unpaired) electrons. The zero-order valence-corrected chi connectivity index (χ0v) is 14.6. The van der Waals surface area contributed by atoms with E-state index in [9.17, 15) is 15.0 Å². The Kier molecular flexibility index (Phi) is 4.67. The summed E-state index contributed by atoms with van der Waals surface area (Å²) in [5.41, 5.74) is 2.96. The lowest BCUT2D eigenvalue weighted by molar-refractivity contribution is 0.0942. The van der Waals surface area contributed by atoms with E-state index in [2.05, 4.69) is 15.3 Å². The highest BCUT2D eigenvalue weighted by Gasteiger charge is 2.20. The standard InChI is InChI=1S/C18H17N3O3S/c1-10-5-3-6-12(11(10)2)9-19-17(23)14-15(22)18(24)21-16(20-14)13-7-4-8-25-13/h3-8,22H,9H2,1-2H3,(H,19,23)(H,20,21,24). The molecule has 0 aliphatic rings. The highest BCUT2D eigenvalue weighted by molar-refractivity contribution is 7.13. The van der Waals surface area contributed by atoms with Crippen LogP contribution in [0.25, 0.3) is 10.7 Å². The van der Waals surface area contributed by atoms with Gasteiger partial charge in [0.15, 0.2) is 11.5 Å². The van der Waals surface area contributed by atoms with Gasteiger partial charge in [-0.15, -0.1) is 11.3 Å². The Hall–Kier alpha value is -2.93. The molecule has 2 heterocycles. The molecule has 0 atom stereocenters. The fourth-order valence-corrected chi connectivity index (χ4v) is 3.04. The third kappa shape index (κ3) is 3.46. The maximum atomic E-state index is 12.4. The number of thiophene rings is 1. The summed E-state index contributed by atoms with van der Waals surface area (Å²) in [4.78, 5) is 21.1. The fourth-order valence-electron chi connectivity index (χ4n) is 2.38. The number of aromatic hydroxyl groups is 2. The van der Waals surface area contributed by atoms with Crippen LogP contribution in [-0.2, 0) is 6.54 Å². The van der Waals surface area contributed by atoms with E-state index in [1.807, 2.05) is 43.5 Å². The summed E-state index contributed by atoms with van der Waals surface area (Å²) in [6.45, 7) is 4.28. The first-order valence-corrected chi connectivity index (χ1v) is 8.52. The molecule has 1 amide bonds. The van der Waals surface area contributed by atoms with Crippen LogP contribution in [-0.4, -0.2) is 26.1 Å². The van der Waals surface area contributed by atoms with Crippen molar-refractivity contribution >= 4 is 17.2 Å². The number of hydrogen-bond donors (Lipinski definition) is 3. The molecular weight excluding hydrogens is 338 g/mol. The molecule has 3 rings (SSSR count). The number of hydrogen-bond acceptors (Lipinski definition) is 6. The minimum absolute atomic E-state index is 0.196. The highest BCUT2D eigenvalue weighted by Crippen LogP contribution is 2.30. The van der Waals surface area contributed by atoms with Gasteiger partial charge in [0, 0.05) is 6.54 Å². The second-order valence-electron chi connectivity index (χ2n) is 5.59. The van der Waals surface area contributed by atoms with Gasteiger partial charge in [-0.3, -0.25) is 4.79 Å². The molecular formula is C18H17N3O3S. The lowest BCUT2D eigenvalue weighted by Crippen LogP contribution is -2.24. The second-order valence-corrected chi connectivity index (χ2v) is 6.53. The summed E-state index contributed by atoms with van der Waals surface area (Å²) in [5, 5.41) is 24.3. The molecule has 0 saturated heterocycles. The molecule has 0 unspecified atom stereocenters. The number of aryl methyl sites for hydroxylation is 1. The number of nitrogens with zero attached hydrogens (tertiary/aromatic N) is 2. The molecule has 0 bridgehead atoms. The van der Waals surface area contributed by atoms with E-state index in [-0.39, 0.29) is 11.5 Å². The summed E-state index contributed by atoms with van der Waals surface area (Å²) < 4.78 is 0. The third-order valence-electron chi connectivity index (χ3n) is 3.98. The molecule has 0 spiro atoms. The van der Waals surface area contributed by atoms with E-state index >= 15 is 0 Å². The van der Waals surface area contributed by atoms with E-state index in [1.54, 1.807) is 6.07 Å². The van der Waals surface area contributed by atoms with Crippen LogP contribution in [0.1, 0.15) is 27.2 Å². The lowest BCUT2D eigenvalue weighted by atomic mass is 10.0. The highest BCUT2D eigenvalue weighted by atomic mass is 32.1. The van der Waals surface area contributed by atoms with Crippen molar-refractivity contribution in [2.45, 2.75) is 20.4 Å². The Labute approximate surface area is 148 Å². The van der Waals surface area contributed by atoms with Gasteiger partial charge in [0.25, 0.3) is 11.8 Å². The van der Waals surface area contributed by atoms with Crippen molar-refractivity contribution in [1.82, 2.24) is 15.3 Å². The second kappa shape index (κ2) is 6.90. The Morgan fingerprint density at radius 2 is 1.96 bits per heavy atom. The average Bonchev–Trinajstić information content (AvgIpc) is 3.13. The van der Waals surface area contributed by atoms with Crippen molar-refractivity contribution in [2.75, 3.05) is 0 Å². The molecule has 0 aliphatic carbocycles. The van der Waals surface area contributed by atoms with E-state index in [0.717, 1.165) is 16.7 Å². The molecule has 25 heavy (non-hydrogen) atoms. The number of rotatable bonds is 4. The van der Waals surface area contributed by atoms with Crippen molar-refractivity contribution in [3.63, 3.8) is 0 Å². The van der Waals surface area contributed by atoms with Crippen molar-refractivity contribution in [3.05, 3.63) is 58.1 Å². The third-order valence-corrected chi connectivity index (χ3v) is 4.84. The topological polar surface area (TPSA) is 95.3 Å². The molecule has 128 valence electrons. The summed E-state index contributed by atoms with van der Waals surface area (Å²) >= 11 is 1.38. The number of carbonyl (C=O) groups is 1. The maximum absolute atomic E-state index is 12.4. The van der Waals surface area contributed by atoms with Crippen LogP contribution in [0.15, 0.2) is 35.7 Å². The van der Waals surface area contributed by atoms with Crippen LogP contribution in [0.2, 0.25) is 0 Å². The molecule has 6 nitrogen and oxygen atoms in total. The van der Waals surface area contributed by atoms with Crippen LogP contribution in [0.4, 0.5) is 0 Å². The fraction of sp³-hybridized carbons (Fsp3) is 0.167. The monoisotopic (exact) mass is 355 g/mol. The Balaban J connectivity index is 1.85. The molecule has 7 heteroatoms. The molecule has 3 N–H and O–H groups in total.